The third-order valence-electron chi connectivity index (χ3n) is 4.84. The van der Waals surface area contributed by atoms with Crippen LogP contribution in [-0.2, 0) is 4.79 Å². The van der Waals surface area contributed by atoms with Gasteiger partial charge in [0.25, 0.3) is 0 Å². The first-order valence-corrected chi connectivity index (χ1v) is 7.67. The molecule has 0 heterocycles. The maximum atomic E-state index is 13.6. The van der Waals surface area contributed by atoms with Gasteiger partial charge in [0.2, 0.25) is 0 Å². The number of allylic oxidation sites excluding steroid dienone is 1. The summed E-state index contributed by atoms with van der Waals surface area (Å²) >= 11 is 0. The van der Waals surface area contributed by atoms with Gasteiger partial charge in [0.1, 0.15) is 5.82 Å². The summed E-state index contributed by atoms with van der Waals surface area (Å²) < 4.78 is 13.6. The Hall–Kier alpha value is -1.64. The zero-order valence-electron chi connectivity index (χ0n) is 13.1. The zero-order chi connectivity index (χ0) is 15.5. The highest BCUT2D eigenvalue weighted by Gasteiger charge is 2.33. The molecule has 0 saturated heterocycles. The lowest BCUT2D eigenvalue weighted by atomic mass is 9.68. The summed E-state index contributed by atoms with van der Waals surface area (Å²) in [5.74, 6) is 0.388. The van der Waals surface area contributed by atoms with E-state index in [4.69, 9.17) is 0 Å². The summed E-state index contributed by atoms with van der Waals surface area (Å²) in [7, 11) is 0. The number of para-hydroxylation sites is 1. The van der Waals surface area contributed by atoms with Crippen molar-refractivity contribution in [2.75, 3.05) is 5.32 Å². The van der Waals surface area contributed by atoms with Gasteiger partial charge in [0.05, 0.1) is 5.69 Å². The van der Waals surface area contributed by atoms with Crippen molar-refractivity contribution in [3.05, 3.63) is 41.9 Å². The molecule has 1 aliphatic rings. The Balaban J connectivity index is 2.12. The predicted molar refractivity (Wildman–Crippen MR) is 84.5 cm³/mol. The van der Waals surface area contributed by atoms with Crippen molar-refractivity contribution in [1.29, 1.82) is 0 Å². The topological polar surface area (TPSA) is 29.1 Å². The van der Waals surface area contributed by atoms with Crippen molar-refractivity contribution in [3.63, 3.8) is 0 Å². The lowest BCUT2D eigenvalue weighted by molar-refractivity contribution is -0.117. The number of carbonyl (C=O) groups is 1. The van der Waals surface area contributed by atoms with E-state index in [1.54, 1.807) is 24.4 Å². The highest BCUT2D eigenvalue weighted by molar-refractivity contribution is 5.96. The van der Waals surface area contributed by atoms with Crippen LogP contribution in [0.2, 0.25) is 0 Å². The molecule has 21 heavy (non-hydrogen) atoms. The van der Waals surface area contributed by atoms with Gasteiger partial charge < -0.3 is 5.32 Å². The van der Waals surface area contributed by atoms with E-state index in [1.807, 2.05) is 0 Å². The average Bonchev–Trinajstić information content (AvgIpc) is 2.47. The summed E-state index contributed by atoms with van der Waals surface area (Å²) in [5.41, 5.74) is 1.43. The van der Waals surface area contributed by atoms with Gasteiger partial charge in [-0.15, -0.1) is 0 Å². The summed E-state index contributed by atoms with van der Waals surface area (Å²) in [6, 6.07) is 6.51. The summed E-state index contributed by atoms with van der Waals surface area (Å²) in [6.45, 7) is 6.71. The van der Waals surface area contributed by atoms with E-state index < -0.39 is 0 Å². The first kappa shape index (κ1) is 15.7. The van der Waals surface area contributed by atoms with Crippen LogP contribution in [0.25, 0.3) is 0 Å². The molecule has 1 aliphatic carbocycles. The fourth-order valence-electron chi connectivity index (χ4n) is 2.79. The van der Waals surface area contributed by atoms with Crippen molar-refractivity contribution >= 4 is 11.5 Å². The molecule has 2 rings (SSSR count). The highest BCUT2D eigenvalue weighted by Crippen LogP contribution is 2.41. The molecule has 1 N–H and O–H groups in total. The molecule has 1 aromatic carbocycles. The molecule has 0 radical (unpaired) electrons. The van der Waals surface area contributed by atoms with E-state index in [-0.39, 0.29) is 17.0 Å². The van der Waals surface area contributed by atoms with Crippen LogP contribution in [0.3, 0.4) is 0 Å². The molecular weight excluding hydrogens is 265 g/mol. The van der Waals surface area contributed by atoms with Crippen LogP contribution in [0.5, 0.6) is 0 Å². The van der Waals surface area contributed by atoms with Crippen LogP contribution in [0, 0.1) is 17.2 Å². The maximum Gasteiger partial charge on any atom is 0.160 e. The molecule has 0 spiro atoms. The van der Waals surface area contributed by atoms with Crippen LogP contribution >= 0.6 is 0 Å². The van der Waals surface area contributed by atoms with Gasteiger partial charge in [0, 0.05) is 18.2 Å². The summed E-state index contributed by atoms with van der Waals surface area (Å²) in [6.07, 6.45) is 5.12. The minimum absolute atomic E-state index is 0.182. The summed E-state index contributed by atoms with van der Waals surface area (Å²) in [4.78, 5) is 12.1. The zero-order valence-corrected chi connectivity index (χ0v) is 13.1. The molecule has 2 nitrogen and oxygen atoms in total. The SMILES string of the molecule is CCC(C)(C)[C@H]1CCC(=O)/C(=C/Nc2ccccc2F)C1. The number of benzene rings is 1. The molecule has 0 bridgehead atoms. The van der Waals surface area contributed by atoms with E-state index in [2.05, 4.69) is 26.1 Å². The number of rotatable bonds is 4. The normalized spacial score (nSPS) is 21.6. The van der Waals surface area contributed by atoms with Crippen molar-refractivity contribution in [2.45, 2.75) is 46.5 Å². The number of ketones is 1. The van der Waals surface area contributed by atoms with E-state index in [0.29, 0.717) is 18.0 Å². The molecule has 114 valence electrons. The Morgan fingerprint density at radius 1 is 1.38 bits per heavy atom. The van der Waals surface area contributed by atoms with E-state index in [1.165, 1.54) is 6.07 Å². The lowest BCUT2D eigenvalue weighted by Gasteiger charge is -2.36. The standard InChI is InChI=1S/C18H24FNO/c1-4-18(2,3)14-9-10-17(21)13(11-14)12-20-16-8-6-5-7-15(16)19/h5-8,12,14,20H,4,9-11H2,1-3H3/b13-12+/t14-/m0/s1. The Bertz CT molecular complexity index is 548. The lowest BCUT2D eigenvalue weighted by Crippen LogP contribution is -2.29. The molecule has 1 atom stereocenters. The fraction of sp³-hybridized carbons (Fsp3) is 0.500. The largest absolute Gasteiger partial charge is 0.359 e. The van der Waals surface area contributed by atoms with Gasteiger partial charge in [-0.3, -0.25) is 4.79 Å². The minimum atomic E-state index is -0.303. The Labute approximate surface area is 126 Å². The third-order valence-corrected chi connectivity index (χ3v) is 4.84. The second-order valence-corrected chi connectivity index (χ2v) is 6.50. The van der Waals surface area contributed by atoms with Gasteiger partial charge in [-0.1, -0.05) is 39.3 Å². The number of anilines is 1. The molecule has 0 unspecified atom stereocenters. The van der Waals surface area contributed by atoms with E-state index >= 15 is 0 Å². The first-order chi connectivity index (χ1) is 9.94. The Kier molecular flexibility index (Phi) is 4.81. The molecule has 0 amide bonds. The van der Waals surface area contributed by atoms with Crippen LogP contribution in [0.1, 0.15) is 46.5 Å². The summed E-state index contributed by atoms with van der Waals surface area (Å²) in [5, 5.41) is 2.95. The number of hydrogen-bond donors (Lipinski definition) is 1. The molecular formula is C18H24FNO. The molecule has 0 aliphatic heterocycles. The first-order valence-electron chi connectivity index (χ1n) is 7.67. The molecule has 3 heteroatoms. The molecule has 1 fully saturated rings. The number of hydrogen-bond acceptors (Lipinski definition) is 2. The van der Waals surface area contributed by atoms with Crippen molar-refractivity contribution in [1.82, 2.24) is 0 Å². The second-order valence-electron chi connectivity index (χ2n) is 6.50. The number of carbonyl (C=O) groups excluding carboxylic acids is 1. The molecule has 0 aromatic heterocycles. The van der Waals surface area contributed by atoms with Gasteiger partial charge in [-0.25, -0.2) is 4.39 Å². The Morgan fingerprint density at radius 3 is 2.76 bits per heavy atom. The second kappa shape index (κ2) is 6.42. The fourth-order valence-corrected chi connectivity index (χ4v) is 2.79. The van der Waals surface area contributed by atoms with Crippen molar-refractivity contribution < 1.29 is 9.18 Å². The number of halogens is 1. The minimum Gasteiger partial charge on any atom is -0.359 e. The predicted octanol–water partition coefficient (Wildman–Crippen LogP) is 4.93. The van der Waals surface area contributed by atoms with Crippen molar-refractivity contribution in [2.24, 2.45) is 11.3 Å². The molecule has 1 saturated carbocycles. The number of nitrogens with one attached hydrogen (secondary N) is 1. The van der Waals surface area contributed by atoms with Gasteiger partial charge in [0.15, 0.2) is 5.78 Å². The van der Waals surface area contributed by atoms with Crippen LogP contribution in [-0.4, -0.2) is 5.78 Å². The van der Waals surface area contributed by atoms with Gasteiger partial charge in [-0.05, 0) is 36.3 Å². The third kappa shape index (κ3) is 3.72. The number of Topliss-reactive ketones (excluding diaryl/α,β-unsaturated/α-hetero) is 1. The smallest absolute Gasteiger partial charge is 0.160 e. The van der Waals surface area contributed by atoms with Crippen molar-refractivity contribution in [3.8, 4) is 0 Å². The van der Waals surface area contributed by atoms with E-state index in [9.17, 15) is 9.18 Å². The highest BCUT2D eigenvalue weighted by atomic mass is 19.1. The van der Waals surface area contributed by atoms with Crippen LogP contribution < -0.4 is 5.32 Å². The monoisotopic (exact) mass is 289 g/mol. The van der Waals surface area contributed by atoms with Crippen LogP contribution in [0.15, 0.2) is 36.0 Å². The average molecular weight is 289 g/mol. The van der Waals surface area contributed by atoms with Gasteiger partial charge in [-0.2, -0.15) is 0 Å². The quantitative estimate of drug-likeness (QED) is 0.796. The van der Waals surface area contributed by atoms with E-state index in [0.717, 1.165) is 24.8 Å². The Morgan fingerprint density at radius 2 is 2.10 bits per heavy atom. The van der Waals surface area contributed by atoms with Crippen LogP contribution in [0.4, 0.5) is 10.1 Å². The maximum absolute atomic E-state index is 13.6. The molecule has 1 aromatic rings. The van der Waals surface area contributed by atoms with Gasteiger partial charge >= 0.3 is 0 Å².